The molecule has 1 N–H and O–H groups in total. The van der Waals surface area contributed by atoms with E-state index in [0.717, 1.165) is 22.4 Å². The summed E-state index contributed by atoms with van der Waals surface area (Å²) in [7, 11) is 1.97. The van der Waals surface area contributed by atoms with E-state index in [4.69, 9.17) is 13.9 Å². The second-order valence-corrected chi connectivity index (χ2v) is 6.65. The fourth-order valence-corrected chi connectivity index (χ4v) is 3.38. The number of furan rings is 1. The fourth-order valence-electron chi connectivity index (χ4n) is 3.38. The van der Waals surface area contributed by atoms with Crippen LogP contribution < -0.4 is 15.0 Å². The van der Waals surface area contributed by atoms with Gasteiger partial charge < -0.3 is 18.9 Å². The zero-order chi connectivity index (χ0) is 18.4. The van der Waals surface area contributed by atoms with E-state index in [-0.39, 0.29) is 17.9 Å². The number of hydrogen-bond acceptors (Lipinski definition) is 6. The van der Waals surface area contributed by atoms with Gasteiger partial charge in [-0.2, -0.15) is 0 Å². The predicted octanol–water partition coefficient (Wildman–Crippen LogP) is 3.03. The van der Waals surface area contributed by atoms with Gasteiger partial charge in [0.05, 0.1) is 6.54 Å². The Morgan fingerprint density at radius 2 is 1.96 bits per heavy atom. The van der Waals surface area contributed by atoms with Crippen LogP contribution in [-0.2, 0) is 13.1 Å². The highest BCUT2D eigenvalue weighted by Gasteiger charge is 2.16. The summed E-state index contributed by atoms with van der Waals surface area (Å²) in [6.07, 6.45) is 0. The van der Waals surface area contributed by atoms with Gasteiger partial charge in [-0.25, -0.2) is 4.98 Å². The standard InChI is InChI=1S/C20H17N3O4/c1-23(9-12-6-7-15-16(8-12)26-11-25-15)10-17-21-18-13-4-2-3-5-14(13)27-19(18)20(24)22-17/h2-8H,9-11H2,1H3,(H,21,22,24). The maximum atomic E-state index is 12.4. The van der Waals surface area contributed by atoms with Crippen LogP contribution in [0.15, 0.2) is 51.7 Å². The summed E-state index contributed by atoms with van der Waals surface area (Å²) < 4.78 is 16.4. The first kappa shape index (κ1) is 15.9. The molecule has 0 amide bonds. The first-order valence-electron chi connectivity index (χ1n) is 8.65. The molecule has 0 atom stereocenters. The van der Waals surface area contributed by atoms with E-state index < -0.39 is 0 Å². The monoisotopic (exact) mass is 363 g/mol. The minimum Gasteiger partial charge on any atom is -0.454 e. The molecular formula is C20H17N3O4. The number of rotatable bonds is 4. The third kappa shape index (κ3) is 2.82. The molecule has 2 aromatic carbocycles. The van der Waals surface area contributed by atoms with Gasteiger partial charge >= 0.3 is 0 Å². The van der Waals surface area contributed by atoms with Gasteiger partial charge in [-0.3, -0.25) is 9.69 Å². The molecule has 0 saturated heterocycles. The van der Waals surface area contributed by atoms with Gasteiger partial charge in [-0.15, -0.1) is 0 Å². The van der Waals surface area contributed by atoms with Gasteiger partial charge in [-0.1, -0.05) is 18.2 Å². The average molecular weight is 363 g/mol. The number of nitrogens with zero attached hydrogens (tertiary/aromatic N) is 2. The summed E-state index contributed by atoms with van der Waals surface area (Å²) in [4.78, 5) is 21.9. The van der Waals surface area contributed by atoms with Crippen molar-refractivity contribution >= 4 is 22.1 Å². The van der Waals surface area contributed by atoms with Gasteiger partial charge in [0.25, 0.3) is 5.56 Å². The van der Waals surface area contributed by atoms with Gasteiger partial charge in [-0.05, 0) is 36.9 Å². The summed E-state index contributed by atoms with van der Waals surface area (Å²) >= 11 is 0. The molecule has 1 aliphatic heterocycles. The third-order valence-electron chi connectivity index (χ3n) is 4.59. The number of benzene rings is 2. The van der Waals surface area contributed by atoms with E-state index in [2.05, 4.69) is 14.9 Å². The molecule has 4 aromatic rings. The molecule has 3 heterocycles. The van der Waals surface area contributed by atoms with Gasteiger partial charge in [0.1, 0.15) is 16.9 Å². The molecule has 5 rings (SSSR count). The molecule has 7 heteroatoms. The molecule has 1 aliphatic rings. The number of aromatic nitrogens is 2. The van der Waals surface area contributed by atoms with E-state index in [0.29, 0.717) is 30.0 Å². The van der Waals surface area contributed by atoms with E-state index in [1.165, 1.54) is 0 Å². The Morgan fingerprint density at radius 1 is 1.11 bits per heavy atom. The highest BCUT2D eigenvalue weighted by Crippen LogP contribution is 2.32. The van der Waals surface area contributed by atoms with Crippen LogP contribution in [0.4, 0.5) is 0 Å². The summed E-state index contributed by atoms with van der Waals surface area (Å²) in [5, 5.41) is 0.846. The van der Waals surface area contributed by atoms with E-state index in [1.54, 1.807) is 0 Å². The van der Waals surface area contributed by atoms with Crippen LogP contribution in [0, 0.1) is 0 Å². The maximum absolute atomic E-state index is 12.4. The zero-order valence-electron chi connectivity index (χ0n) is 14.7. The molecule has 27 heavy (non-hydrogen) atoms. The van der Waals surface area contributed by atoms with Gasteiger partial charge in [0.2, 0.25) is 12.4 Å². The lowest BCUT2D eigenvalue weighted by Gasteiger charge is -2.16. The molecule has 0 spiro atoms. The lowest BCUT2D eigenvalue weighted by molar-refractivity contribution is 0.174. The lowest BCUT2D eigenvalue weighted by Crippen LogP contribution is -2.21. The summed E-state index contributed by atoms with van der Waals surface area (Å²) in [5.74, 6) is 2.13. The van der Waals surface area contributed by atoms with Crippen LogP contribution in [0.2, 0.25) is 0 Å². The summed E-state index contributed by atoms with van der Waals surface area (Å²) in [5.41, 5.74) is 2.36. The number of ether oxygens (including phenoxy) is 2. The van der Waals surface area contributed by atoms with Crippen LogP contribution in [0.3, 0.4) is 0 Å². The van der Waals surface area contributed by atoms with Crippen molar-refractivity contribution in [2.75, 3.05) is 13.8 Å². The summed E-state index contributed by atoms with van der Waals surface area (Å²) in [6, 6.07) is 13.4. The highest BCUT2D eigenvalue weighted by atomic mass is 16.7. The van der Waals surface area contributed by atoms with Crippen molar-refractivity contribution in [1.29, 1.82) is 0 Å². The highest BCUT2D eigenvalue weighted by molar-refractivity contribution is 6.01. The van der Waals surface area contributed by atoms with Crippen molar-refractivity contribution in [2.24, 2.45) is 0 Å². The van der Waals surface area contributed by atoms with Crippen molar-refractivity contribution in [3.05, 3.63) is 64.2 Å². The first-order valence-corrected chi connectivity index (χ1v) is 8.65. The normalized spacial score (nSPS) is 13.1. The Morgan fingerprint density at radius 3 is 2.89 bits per heavy atom. The average Bonchev–Trinajstić information content (AvgIpc) is 3.26. The van der Waals surface area contributed by atoms with Crippen molar-refractivity contribution in [1.82, 2.24) is 14.9 Å². The second-order valence-electron chi connectivity index (χ2n) is 6.65. The minimum absolute atomic E-state index is 0.261. The van der Waals surface area contributed by atoms with Crippen molar-refractivity contribution in [3.63, 3.8) is 0 Å². The minimum atomic E-state index is -0.261. The fraction of sp³-hybridized carbons (Fsp3) is 0.200. The van der Waals surface area contributed by atoms with Gasteiger partial charge in [0, 0.05) is 11.9 Å². The Kier molecular flexibility index (Phi) is 3.61. The largest absolute Gasteiger partial charge is 0.454 e. The second kappa shape index (κ2) is 6.14. The maximum Gasteiger partial charge on any atom is 0.294 e. The van der Waals surface area contributed by atoms with Crippen LogP contribution >= 0.6 is 0 Å². The molecule has 0 radical (unpaired) electrons. The van der Waals surface area contributed by atoms with Crippen molar-refractivity contribution in [2.45, 2.75) is 13.1 Å². The van der Waals surface area contributed by atoms with E-state index in [9.17, 15) is 4.79 Å². The Hall–Kier alpha value is -3.32. The quantitative estimate of drug-likeness (QED) is 0.600. The van der Waals surface area contributed by atoms with Gasteiger partial charge in [0.15, 0.2) is 11.5 Å². The van der Waals surface area contributed by atoms with Crippen molar-refractivity contribution < 1.29 is 13.9 Å². The number of fused-ring (bicyclic) bond motifs is 4. The molecule has 0 saturated carbocycles. The number of para-hydroxylation sites is 1. The Bertz CT molecular complexity index is 1210. The third-order valence-corrected chi connectivity index (χ3v) is 4.59. The van der Waals surface area contributed by atoms with Crippen LogP contribution in [-0.4, -0.2) is 28.7 Å². The summed E-state index contributed by atoms with van der Waals surface area (Å²) in [6.45, 7) is 1.45. The predicted molar refractivity (Wildman–Crippen MR) is 99.9 cm³/mol. The zero-order valence-corrected chi connectivity index (χ0v) is 14.7. The number of nitrogens with one attached hydrogen (secondary N) is 1. The van der Waals surface area contributed by atoms with E-state index in [1.807, 2.05) is 49.5 Å². The molecular weight excluding hydrogens is 346 g/mol. The number of aromatic amines is 1. The Balaban J connectivity index is 1.42. The molecule has 7 nitrogen and oxygen atoms in total. The topological polar surface area (TPSA) is 80.6 Å². The first-order chi connectivity index (χ1) is 13.2. The number of H-pyrrole nitrogens is 1. The SMILES string of the molecule is CN(Cc1ccc2c(c1)OCO2)Cc1nc2c(oc3ccccc32)c(=O)[nH]1. The van der Waals surface area contributed by atoms with E-state index >= 15 is 0 Å². The van der Waals surface area contributed by atoms with Crippen molar-refractivity contribution in [3.8, 4) is 11.5 Å². The smallest absolute Gasteiger partial charge is 0.294 e. The molecule has 0 aliphatic carbocycles. The molecule has 2 aromatic heterocycles. The molecule has 0 fully saturated rings. The lowest BCUT2D eigenvalue weighted by atomic mass is 10.2. The number of hydrogen-bond donors (Lipinski definition) is 1. The molecule has 136 valence electrons. The Labute approximate surface area is 154 Å². The van der Waals surface area contributed by atoms with Crippen LogP contribution in [0.1, 0.15) is 11.4 Å². The molecule has 0 unspecified atom stereocenters. The molecule has 0 bridgehead atoms. The van der Waals surface area contributed by atoms with Crippen LogP contribution in [0.5, 0.6) is 11.5 Å². The van der Waals surface area contributed by atoms with Crippen LogP contribution in [0.25, 0.3) is 22.1 Å².